The molecule has 0 aromatic rings. The summed E-state index contributed by atoms with van der Waals surface area (Å²) in [6.07, 6.45) is 1.57. The van der Waals surface area contributed by atoms with Gasteiger partial charge in [-0.05, 0) is 42.7 Å². The second kappa shape index (κ2) is 3.92. The molecule has 3 rings (SSSR count). The fraction of sp³-hybridized carbons (Fsp3) is 0.733. The summed E-state index contributed by atoms with van der Waals surface area (Å²) < 4.78 is 5.27. The first-order valence-electron chi connectivity index (χ1n) is 6.77. The molecular formula is C15H22O3. The van der Waals surface area contributed by atoms with E-state index in [0.29, 0.717) is 6.61 Å². The Kier molecular flexibility index (Phi) is 2.70. The zero-order valence-electron chi connectivity index (χ0n) is 11.4. The third-order valence-corrected chi connectivity index (χ3v) is 4.74. The van der Waals surface area contributed by atoms with Crippen LogP contribution in [0.15, 0.2) is 22.3 Å². The number of ether oxygens (including phenoxy) is 1. The lowest BCUT2D eigenvalue weighted by Crippen LogP contribution is -2.23. The van der Waals surface area contributed by atoms with Gasteiger partial charge in [0, 0.05) is 5.92 Å². The van der Waals surface area contributed by atoms with Crippen molar-refractivity contribution < 1.29 is 14.9 Å². The highest BCUT2D eigenvalue weighted by Gasteiger charge is 2.44. The zero-order chi connectivity index (χ0) is 13.1. The van der Waals surface area contributed by atoms with Gasteiger partial charge in [0.15, 0.2) is 6.29 Å². The molecule has 1 aliphatic heterocycles. The topological polar surface area (TPSA) is 49.7 Å². The van der Waals surface area contributed by atoms with E-state index < -0.39 is 12.4 Å². The van der Waals surface area contributed by atoms with Gasteiger partial charge in [-0.3, -0.25) is 0 Å². The summed E-state index contributed by atoms with van der Waals surface area (Å²) in [6.45, 7) is 7.06. The van der Waals surface area contributed by atoms with Crippen molar-refractivity contribution in [3.8, 4) is 0 Å². The molecule has 100 valence electrons. The van der Waals surface area contributed by atoms with E-state index in [-0.39, 0.29) is 11.3 Å². The molecule has 1 fully saturated rings. The van der Waals surface area contributed by atoms with Crippen molar-refractivity contribution in [3.05, 3.63) is 22.3 Å². The summed E-state index contributed by atoms with van der Waals surface area (Å²) >= 11 is 0. The molecule has 0 spiro atoms. The van der Waals surface area contributed by atoms with Crippen molar-refractivity contribution in [2.45, 2.75) is 52.4 Å². The van der Waals surface area contributed by atoms with E-state index >= 15 is 0 Å². The van der Waals surface area contributed by atoms with Crippen LogP contribution < -0.4 is 0 Å². The Balaban J connectivity index is 2.02. The Hall–Kier alpha value is -0.640. The number of hydrogen-bond donors (Lipinski definition) is 2. The first-order valence-corrected chi connectivity index (χ1v) is 6.77. The maximum Gasteiger partial charge on any atom is 0.178 e. The molecule has 2 N–H and O–H groups in total. The Bertz CT molecular complexity index is 445. The van der Waals surface area contributed by atoms with Crippen molar-refractivity contribution >= 4 is 0 Å². The molecule has 3 heteroatoms. The fourth-order valence-electron chi connectivity index (χ4n) is 3.85. The van der Waals surface area contributed by atoms with E-state index in [1.165, 1.54) is 11.1 Å². The maximum absolute atomic E-state index is 10.6. The van der Waals surface area contributed by atoms with Gasteiger partial charge in [-0.25, -0.2) is 0 Å². The van der Waals surface area contributed by atoms with Gasteiger partial charge in [0.25, 0.3) is 0 Å². The molecule has 2 aliphatic carbocycles. The van der Waals surface area contributed by atoms with Gasteiger partial charge in [-0.1, -0.05) is 25.0 Å². The zero-order valence-corrected chi connectivity index (χ0v) is 11.4. The van der Waals surface area contributed by atoms with Crippen LogP contribution in [-0.4, -0.2) is 29.2 Å². The van der Waals surface area contributed by atoms with Gasteiger partial charge in [0.2, 0.25) is 0 Å². The first-order chi connectivity index (χ1) is 8.39. The highest BCUT2D eigenvalue weighted by Crippen LogP contribution is 2.51. The molecule has 0 aromatic heterocycles. The lowest BCUT2D eigenvalue weighted by molar-refractivity contribution is -0.0488. The molecule has 0 unspecified atom stereocenters. The third-order valence-electron chi connectivity index (χ3n) is 4.74. The number of hydrogen-bond acceptors (Lipinski definition) is 3. The molecule has 18 heavy (non-hydrogen) atoms. The Labute approximate surface area is 108 Å². The molecule has 0 aromatic carbocycles. The summed E-state index contributed by atoms with van der Waals surface area (Å²) in [4.78, 5) is 0. The van der Waals surface area contributed by atoms with Gasteiger partial charge >= 0.3 is 0 Å². The van der Waals surface area contributed by atoms with Gasteiger partial charge in [-0.15, -0.1) is 0 Å². The van der Waals surface area contributed by atoms with Crippen LogP contribution in [0, 0.1) is 11.3 Å². The van der Waals surface area contributed by atoms with Crippen molar-refractivity contribution in [2.75, 3.05) is 6.61 Å². The smallest absolute Gasteiger partial charge is 0.178 e. The summed E-state index contributed by atoms with van der Waals surface area (Å²) in [6, 6.07) is 0. The van der Waals surface area contributed by atoms with Gasteiger partial charge in [-0.2, -0.15) is 0 Å². The standard InChI is InChI=1S/C15H22O3/c1-8-4-9-12(7-18-14(9)17)13(16)11-6-15(2,3)5-10(8)11/h11,13-14,16-17H,4-7H2,1-3H3/t11-,13+,14-/m1/s1. The molecule has 0 saturated heterocycles. The van der Waals surface area contributed by atoms with Crippen LogP contribution in [0.3, 0.4) is 0 Å². The maximum atomic E-state index is 10.6. The Morgan fingerprint density at radius 2 is 1.89 bits per heavy atom. The van der Waals surface area contributed by atoms with Crippen LogP contribution in [0.25, 0.3) is 0 Å². The SMILES string of the molecule is CC1=C2CC(C)(C)C[C@H]2[C@H](O)C2=C(C1)[C@H](O)OC2. The molecule has 0 amide bonds. The number of rotatable bonds is 0. The average Bonchev–Trinajstić information content (AvgIpc) is 2.77. The Morgan fingerprint density at radius 3 is 2.61 bits per heavy atom. The van der Waals surface area contributed by atoms with Crippen LogP contribution in [0.1, 0.15) is 40.0 Å². The van der Waals surface area contributed by atoms with Crippen LogP contribution in [0.5, 0.6) is 0 Å². The molecule has 0 bridgehead atoms. The second-order valence-electron chi connectivity index (χ2n) is 6.79. The van der Waals surface area contributed by atoms with Crippen molar-refractivity contribution in [2.24, 2.45) is 11.3 Å². The van der Waals surface area contributed by atoms with E-state index in [4.69, 9.17) is 4.74 Å². The summed E-state index contributed by atoms with van der Waals surface area (Å²) in [5, 5.41) is 20.5. The normalized spacial score (nSPS) is 38.8. The molecule has 3 aliphatic rings. The van der Waals surface area contributed by atoms with E-state index in [9.17, 15) is 10.2 Å². The molecule has 1 heterocycles. The molecule has 0 radical (unpaired) electrons. The van der Waals surface area contributed by atoms with E-state index in [2.05, 4.69) is 20.8 Å². The van der Waals surface area contributed by atoms with Crippen LogP contribution in [0.4, 0.5) is 0 Å². The lowest BCUT2D eigenvalue weighted by Gasteiger charge is -2.21. The van der Waals surface area contributed by atoms with Crippen LogP contribution >= 0.6 is 0 Å². The fourth-order valence-corrected chi connectivity index (χ4v) is 3.85. The number of fused-ring (bicyclic) bond motifs is 1. The molecule has 3 nitrogen and oxygen atoms in total. The van der Waals surface area contributed by atoms with Crippen molar-refractivity contribution in [1.29, 1.82) is 0 Å². The first kappa shape index (κ1) is 12.4. The van der Waals surface area contributed by atoms with Crippen LogP contribution in [0.2, 0.25) is 0 Å². The third kappa shape index (κ3) is 1.77. The molecular weight excluding hydrogens is 228 g/mol. The number of allylic oxidation sites excluding steroid dienone is 1. The largest absolute Gasteiger partial charge is 0.388 e. The average molecular weight is 250 g/mol. The van der Waals surface area contributed by atoms with Crippen molar-refractivity contribution in [1.82, 2.24) is 0 Å². The van der Waals surface area contributed by atoms with Crippen molar-refractivity contribution in [3.63, 3.8) is 0 Å². The monoisotopic (exact) mass is 250 g/mol. The summed E-state index contributed by atoms with van der Waals surface area (Å²) in [5.41, 5.74) is 4.84. The predicted octanol–water partition coefficient (Wildman–Crippen LogP) is 2.15. The van der Waals surface area contributed by atoms with Gasteiger partial charge < -0.3 is 14.9 Å². The highest BCUT2D eigenvalue weighted by atomic mass is 16.6. The molecule has 1 saturated carbocycles. The second-order valence-corrected chi connectivity index (χ2v) is 6.79. The minimum absolute atomic E-state index is 0.224. The van der Waals surface area contributed by atoms with E-state index in [1.54, 1.807) is 0 Å². The lowest BCUT2D eigenvalue weighted by atomic mass is 9.87. The molecule has 3 atom stereocenters. The van der Waals surface area contributed by atoms with E-state index in [0.717, 1.165) is 30.4 Å². The van der Waals surface area contributed by atoms with Crippen LogP contribution in [-0.2, 0) is 4.74 Å². The summed E-state index contributed by atoms with van der Waals surface area (Å²) in [5.74, 6) is 0.224. The van der Waals surface area contributed by atoms with E-state index in [1.807, 2.05) is 0 Å². The van der Waals surface area contributed by atoms with Gasteiger partial charge in [0.1, 0.15) is 0 Å². The minimum atomic E-state index is -0.808. The highest BCUT2D eigenvalue weighted by molar-refractivity contribution is 5.39. The summed E-state index contributed by atoms with van der Waals surface area (Å²) in [7, 11) is 0. The minimum Gasteiger partial charge on any atom is -0.388 e. The number of aliphatic hydroxyl groups is 2. The number of aliphatic hydroxyl groups excluding tert-OH is 2. The predicted molar refractivity (Wildman–Crippen MR) is 68.8 cm³/mol. The Morgan fingerprint density at radius 1 is 1.17 bits per heavy atom. The quantitative estimate of drug-likeness (QED) is 0.648. The van der Waals surface area contributed by atoms with Gasteiger partial charge in [0.05, 0.1) is 12.7 Å².